The molecule has 0 amide bonds. The van der Waals surface area contributed by atoms with Crippen LogP contribution in [0.25, 0.3) is 0 Å². The number of carbonyl (C=O) groups is 1. The van der Waals surface area contributed by atoms with Gasteiger partial charge in [0.15, 0.2) is 11.5 Å². The molecular formula is C16H15ClF3N3O4S. The lowest BCUT2D eigenvalue weighted by atomic mass is 10.1. The second kappa shape index (κ2) is 8.31. The van der Waals surface area contributed by atoms with Crippen LogP contribution in [-0.2, 0) is 26.7 Å². The van der Waals surface area contributed by atoms with Crippen molar-refractivity contribution in [2.45, 2.75) is 18.9 Å². The van der Waals surface area contributed by atoms with E-state index in [1.807, 2.05) is 0 Å². The maximum Gasteiger partial charge on any atom is 0.416 e. The number of nitrogens with zero attached hydrogens (tertiary/aromatic N) is 3. The number of sulfonamides is 1. The van der Waals surface area contributed by atoms with Gasteiger partial charge in [-0.1, -0.05) is 11.6 Å². The van der Waals surface area contributed by atoms with Gasteiger partial charge in [0.05, 0.1) is 18.4 Å². The Morgan fingerprint density at radius 1 is 1.25 bits per heavy atom. The van der Waals surface area contributed by atoms with Crippen molar-refractivity contribution in [3.63, 3.8) is 0 Å². The van der Waals surface area contributed by atoms with E-state index in [1.165, 1.54) is 6.92 Å². The van der Waals surface area contributed by atoms with Crippen LogP contribution in [0.4, 0.5) is 19.0 Å². The van der Waals surface area contributed by atoms with Crippen LogP contribution in [0.5, 0.6) is 0 Å². The molecule has 2 aromatic rings. The molecule has 0 radical (unpaired) electrons. The average molecular weight is 438 g/mol. The Morgan fingerprint density at radius 2 is 1.89 bits per heavy atom. The molecule has 1 aromatic carbocycles. The highest BCUT2D eigenvalue weighted by atomic mass is 35.5. The molecule has 0 aliphatic heterocycles. The summed E-state index contributed by atoms with van der Waals surface area (Å²) < 4.78 is 70.7. The third kappa shape index (κ3) is 4.71. The van der Waals surface area contributed by atoms with Crippen molar-refractivity contribution < 1.29 is 31.1 Å². The SMILES string of the molecule is CCN(c1nccnc1C(=O)OC)S(=O)(=O)Cc1cc(Cl)ccc1C(F)(F)F. The zero-order valence-electron chi connectivity index (χ0n) is 14.7. The van der Waals surface area contributed by atoms with E-state index in [1.54, 1.807) is 0 Å². The van der Waals surface area contributed by atoms with Crippen LogP contribution in [-0.4, -0.2) is 38.0 Å². The molecule has 28 heavy (non-hydrogen) atoms. The summed E-state index contributed by atoms with van der Waals surface area (Å²) >= 11 is 5.75. The number of ether oxygens (including phenoxy) is 1. The first-order valence-electron chi connectivity index (χ1n) is 7.76. The van der Waals surface area contributed by atoms with Crippen LogP contribution in [0.2, 0.25) is 5.02 Å². The van der Waals surface area contributed by atoms with Crippen LogP contribution < -0.4 is 4.31 Å². The number of methoxy groups -OCH3 is 1. The Balaban J connectivity index is 2.53. The number of alkyl halides is 3. The molecule has 7 nitrogen and oxygen atoms in total. The van der Waals surface area contributed by atoms with Crippen LogP contribution in [0.3, 0.4) is 0 Å². The molecule has 2 rings (SSSR count). The topological polar surface area (TPSA) is 89.5 Å². The van der Waals surface area contributed by atoms with Gasteiger partial charge in [-0.15, -0.1) is 0 Å². The lowest BCUT2D eigenvalue weighted by Crippen LogP contribution is -2.34. The molecule has 0 unspecified atom stereocenters. The van der Waals surface area contributed by atoms with Crippen molar-refractivity contribution in [2.24, 2.45) is 0 Å². The number of benzene rings is 1. The van der Waals surface area contributed by atoms with E-state index in [0.717, 1.165) is 31.6 Å². The summed E-state index contributed by atoms with van der Waals surface area (Å²) in [6.45, 7) is 1.24. The summed E-state index contributed by atoms with van der Waals surface area (Å²) in [4.78, 5) is 19.5. The summed E-state index contributed by atoms with van der Waals surface area (Å²) in [5.41, 5.74) is -2.02. The Kier molecular flexibility index (Phi) is 6.50. The van der Waals surface area contributed by atoms with E-state index in [2.05, 4.69) is 14.7 Å². The number of hydrogen-bond donors (Lipinski definition) is 0. The van der Waals surface area contributed by atoms with Crippen LogP contribution >= 0.6 is 11.6 Å². The van der Waals surface area contributed by atoms with Gasteiger partial charge < -0.3 is 4.74 Å². The first kappa shape index (κ1) is 21.9. The summed E-state index contributed by atoms with van der Waals surface area (Å²) in [6, 6.07) is 2.68. The van der Waals surface area contributed by atoms with Crippen molar-refractivity contribution in [3.05, 3.63) is 52.4 Å². The van der Waals surface area contributed by atoms with Crippen molar-refractivity contribution in [3.8, 4) is 0 Å². The van der Waals surface area contributed by atoms with Gasteiger partial charge in [-0.3, -0.25) is 4.31 Å². The molecule has 0 spiro atoms. The van der Waals surface area contributed by atoms with Crippen LogP contribution in [0.1, 0.15) is 28.5 Å². The first-order valence-corrected chi connectivity index (χ1v) is 9.75. The van der Waals surface area contributed by atoms with Crippen LogP contribution in [0, 0.1) is 0 Å². The quantitative estimate of drug-likeness (QED) is 0.644. The monoisotopic (exact) mass is 437 g/mol. The second-order valence-electron chi connectivity index (χ2n) is 5.44. The molecule has 0 N–H and O–H groups in total. The Bertz CT molecular complexity index is 983. The molecule has 0 saturated heterocycles. The number of esters is 1. The highest BCUT2D eigenvalue weighted by molar-refractivity contribution is 7.92. The molecular weight excluding hydrogens is 423 g/mol. The third-order valence-electron chi connectivity index (χ3n) is 3.63. The van der Waals surface area contributed by atoms with Gasteiger partial charge in [-0.05, 0) is 30.7 Å². The van der Waals surface area contributed by atoms with Gasteiger partial charge in [0.25, 0.3) is 0 Å². The largest absolute Gasteiger partial charge is 0.464 e. The molecule has 0 aliphatic carbocycles. The fourth-order valence-corrected chi connectivity index (χ4v) is 4.24. The maximum atomic E-state index is 13.2. The fourth-order valence-electron chi connectivity index (χ4n) is 2.46. The van der Waals surface area contributed by atoms with E-state index < -0.39 is 39.0 Å². The predicted octanol–water partition coefficient (Wildman–Crippen LogP) is 3.29. The van der Waals surface area contributed by atoms with Crippen LogP contribution in [0.15, 0.2) is 30.6 Å². The minimum absolute atomic E-state index is 0.0454. The van der Waals surface area contributed by atoms with Crippen molar-refractivity contribution in [1.29, 1.82) is 0 Å². The molecule has 0 saturated carbocycles. The molecule has 0 fully saturated rings. The molecule has 12 heteroatoms. The van der Waals surface area contributed by atoms with E-state index in [-0.39, 0.29) is 23.1 Å². The fraction of sp³-hybridized carbons (Fsp3) is 0.312. The number of rotatable bonds is 6. The van der Waals surface area contributed by atoms with Crippen molar-refractivity contribution in [2.75, 3.05) is 18.0 Å². The minimum atomic E-state index is -4.77. The highest BCUT2D eigenvalue weighted by Gasteiger charge is 2.36. The number of aromatic nitrogens is 2. The predicted molar refractivity (Wildman–Crippen MR) is 95.5 cm³/mol. The number of hydrogen-bond acceptors (Lipinski definition) is 6. The average Bonchev–Trinajstić information content (AvgIpc) is 2.60. The summed E-state index contributed by atoms with van der Waals surface area (Å²) in [5.74, 6) is -2.28. The van der Waals surface area contributed by atoms with Gasteiger partial charge in [-0.25, -0.2) is 23.2 Å². The van der Waals surface area contributed by atoms with Gasteiger partial charge in [0, 0.05) is 24.0 Å². The minimum Gasteiger partial charge on any atom is -0.464 e. The van der Waals surface area contributed by atoms with Crippen molar-refractivity contribution >= 4 is 33.4 Å². The lowest BCUT2D eigenvalue weighted by molar-refractivity contribution is -0.138. The molecule has 0 bridgehead atoms. The normalized spacial score (nSPS) is 11.9. The van der Waals surface area contributed by atoms with Gasteiger partial charge in [-0.2, -0.15) is 13.2 Å². The molecule has 0 aliphatic rings. The number of halogens is 4. The Morgan fingerprint density at radius 3 is 2.46 bits per heavy atom. The van der Waals surface area contributed by atoms with Crippen molar-refractivity contribution in [1.82, 2.24) is 9.97 Å². The number of anilines is 1. The van der Waals surface area contributed by atoms with Gasteiger partial charge >= 0.3 is 12.1 Å². The van der Waals surface area contributed by atoms with Gasteiger partial charge in [0.2, 0.25) is 10.0 Å². The number of carbonyl (C=O) groups excluding carboxylic acids is 1. The smallest absolute Gasteiger partial charge is 0.416 e. The van der Waals surface area contributed by atoms with E-state index in [9.17, 15) is 26.4 Å². The van der Waals surface area contributed by atoms with E-state index in [4.69, 9.17) is 11.6 Å². The second-order valence-corrected chi connectivity index (χ2v) is 7.77. The lowest BCUT2D eigenvalue weighted by Gasteiger charge is -2.23. The summed E-state index contributed by atoms with van der Waals surface area (Å²) in [5, 5.41) is -0.0454. The molecule has 1 aromatic heterocycles. The molecule has 1 heterocycles. The Labute approximate surface area is 164 Å². The van der Waals surface area contributed by atoms with E-state index in [0.29, 0.717) is 10.4 Å². The zero-order valence-corrected chi connectivity index (χ0v) is 16.3. The van der Waals surface area contributed by atoms with E-state index >= 15 is 0 Å². The summed E-state index contributed by atoms with van der Waals surface area (Å²) in [7, 11) is -3.30. The standard InChI is InChI=1S/C16H15ClF3N3O4S/c1-3-23(14-13(15(24)27-2)21-6-7-22-14)28(25,26)9-10-8-11(17)4-5-12(10)16(18,19)20/h4-8H,3,9H2,1-2H3. The van der Waals surface area contributed by atoms with Gasteiger partial charge in [0.1, 0.15) is 0 Å². The molecule has 152 valence electrons. The maximum absolute atomic E-state index is 13.2. The Hall–Kier alpha value is -2.40. The molecule has 0 atom stereocenters. The zero-order chi connectivity index (χ0) is 21.1. The first-order chi connectivity index (χ1) is 13.0. The third-order valence-corrected chi connectivity index (χ3v) is 5.64. The summed E-state index contributed by atoms with van der Waals surface area (Å²) in [6.07, 6.45) is -2.45. The highest BCUT2D eigenvalue weighted by Crippen LogP contribution is 2.35.